The van der Waals surface area contributed by atoms with Crippen molar-refractivity contribution in [3.8, 4) is 5.75 Å². The van der Waals surface area contributed by atoms with E-state index < -0.39 is 0 Å². The monoisotopic (exact) mass is 380 g/mol. The summed E-state index contributed by atoms with van der Waals surface area (Å²) in [4.78, 5) is 0. The van der Waals surface area contributed by atoms with Crippen LogP contribution in [0, 0.1) is 0 Å². The average molecular weight is 383 g/mol. The molecule has 2 aromatic rings. The molecule has 0 amide bonds. The third kappa shape index (κ3) is 3.61. The first-order valence-corrected chi connectivity index (χ1v) is 7.70. The average Bonchev–Trinajstić information content (AvgIpc) is 2.51. The molecule has 2 rings (SSSR count). The molecule has 0 radical (unpaired) electrons. The van der Waals surface area contributed by atoms with Crippen molar-refractivity contribution < 1.29 is 4.74 Å². The molecule has 0 unspecified atom stereocenters. The van der Waals surface area contributed by atoms with Gasteiger partial charge in [0.2, 0.25) is 0 Å². The topological polar surface area (TPSA) is 9.23 Å². The van der Waals surface area contributed by atoms with Crippen molar-refractivity contribution in [3.63, 3.8) is 0 Å². The van der Waals surface area contributed by atoms with Gasteiger partial charge in [-0.15, -0.1) is 0 Å². The van der Waals surface area contributed by atoms with E-state index in [4.69, 9.17) is 62.7 Å². The van der Waals surface area contributed by atoms with Gasteiger partial charge in [0.1, 0.15) is 16.7 Å². The van der Waals surface area contributed by atoms with Crippen LogP contribution < -0.4 is 4.74 Å². The molecule has 0 fully saturated rings. The van der Waals surface area contributed by atoms with Gasteiger partial charge in [-0.05, 0) is 11.1 Å². The quantitative estimate of drug-likeness (QED) is 0.402. The number of halogens is 5. The largest absolute Gasteiger partial charge is 0.486 e. The SMILES string of the molecule is C=Cc1ccc(COc2c(Cl)c(Cl)c(Cl)c(Cl)c2Cl)cc1. The number of hydrogen-bond donors (Lipinski definition) is 0. The van der Waals surface area contributed by atoms with Crippen LogP contribution in [-0.4, -0.2) is 0 Å². The molecule has 21 heavy (non-hydrogen) atoms. The molecule has 110 valence electrons. The molecule has 1 nitrogen and oxygen atoms in total. The summed E-state index contributed by atoms with van der Waals surface area (Å²) in [6.45, 7) is 3.97. The highest BCUT2D eigenvalue weighted by Gasteiger charge is 2.20. The highest BCUT2D eigenvalue weighted by molar-refractivity contribution is 6.55. The lowest BCUT2D eigenvalue weighted by Gasteiger charge is -2.13. The Bertz CT molecular complexity index is 650. The molecule has 0 saturated heterocycles. The number of rotatable bonds is 4. The van der Waals surface area contributed by atoms with Gasteiger partial charge in [0.05, 0.1) is 15.1 Å². The third-order valence-electron chi connectivity index (χ3n) is 2.77. The Morgan fingerprint density at radius 1 is 0.810 bits per heavy atom. The molecule has 2 aromatic carbocycles. The zero-order valence-electron chi connectivity index (χ0n) is 10.6. The fourth-order valence-electron chi connectivity index (χ4n) is 1.62. The number of benzene rings is 2. The second-order valence-electron chi connectivity index (χ2n) is 4.13. The first kappa shape index (κ1) is 16.8. The maximum Gasteiger partial charge on any atom is 0.160 e. The predicted octanol–water partition coefficient (Wildman–Crippen LogP) is 7.18. The van der Waals surface area contributed by atoms with E-state index in [2.05, 4.69) is 6.58 Å². The van der Waals surface area contributed by atoms with Gasteiger partial charge >= 0.3 is 0 Å². The minimum Gasteiger partial charge on any atom is -0.486 e. The van der Waals surface area contributed by atoms with Gasteiger partial charge in [-0.3, -0.25) is 0 Å². The van der Waals surface area contributed by atoms with Crippen LogP contribution in [0.5, 0.6) is 5.75 Å². The van der Waals surface area contributed by atoms with E-state index in [0.717, 1.165) is 11.1 Å². The molecule has 0 aromatic heterocycles. The summed E-state index contributed by atoms with van der Waals surface area (Å²) in [5.74, 6) is 0.213. The third-order valence-corrected chi connectivity index (χ3v) is 5.01. The van der Waals surface area contributed by atoms with Crippen molar-refractivity contribution in [1.82, 2.24) is 0 Å². The Morgan fingerprint density at radius 3 is 1.76 bits per heavy atom. The predicted molar refractivity (Wildman–Crippen MR) is 92.4 cm³/mol. The van der Waals surface area contributed by atoms with Crippen LogP contribution in [0.3, 0.4) is 0 Å². The Kier molecular flexibility index (Phi) is 5.70. The summed E-state index contributed by atoms with van der Waals surface area (Å²) in [5, 5.41) is 0.614. The summed E-state index contributed by atoms with van der Waals surface area (Å²) in [5.41, 5.74) is 1.96. The molecule has 0 saturated carbocycles. The Labute approximate surface area is 148 Å². The van der Waals surface area contributed by atoms with E-state index >= 15 is 0 Å². The first-order valence-electron chi connectivity index (χ1n) is 5.81. The summed E-state index contributed by atoms with van der Waals surface area (Å²) in [7, 11) is 0. The summed E-state index contributed by atoms with van der Waals surface area (Å²) >= 11 is 30.1. The van der Waals surface area contributed by atoms with Crippen molar-refractivity contribution in [2.45, 2.75) is 6.61 Å². The molecule has 0 bridgehead atoms. The van der Waals surface area contributed by atoms with Crippen molar-refractivity contribution in [1.29, 1.82) is 0 Å². The standard InChI is InChI=1S/C15H9Cl5O/c1-2-8-3-5-9(6-4-8)7-21-15-13(19)11(17)10(16)12(18)14(15)20/h2-6H,1,7H2. The molecular formula is C15H9Cl5O. The van der Waals surface area contributed by atoms with Crippen LogP contribution in [0.4, 0.5) is 0 Å². The van der Waals surface area contributed by atoms with Crippen LogP contribution in [-0.2, 0) is 6.61 Å². The second kappa shape index (κ2) is 7.13. The number of ether oxygens (including phenoxy) is 1. The lowest BCUT2D eigenvalue weighted by molar-refractivity contribution is 0.306. The lowest BCUT2D eigenvalue weighted by Crippen LogP contribution is -1.97. The van der Waals surface area contributed by atoms with E-state index in [-0.39, 0.29) is 37.5 Å². The molecule has 0 aliphatic rings. The van der Waals surface area contributed by atoms with Crippen LogP contribution in [0.1, 0.15) is 11.1 Å². The molecule has 0 atom stereocenters. The summed E-state index contributed by atoms with van der Waals surface area (Å²) in [6, 6.07) is 7.68. The highest BCUT2D eigenvalue weighted by Crippen LogP contribution is 2.48. The summed E-state index contributed by atoms with van der Waals surface area (Å²) in [6.07, 6.45) is 1.76. The van der Waals surface area contributed by atoms with Gasteiger partial charge in [-0.1, -0.05) is 94.9 Å². The lowest BCUT2D eigenvalue weighted by atomic mass is 10.1. The molecule has 0 heterocycles. The number of hydrogen-bond acceptors (Lipinski definition) is 1. The van der Waals surface area contributed by atoms with E-state index in [0.29, 0.717) is 0 Å². The minimum atomic E-state index is 0.107. The van der Waals surface area contributed by atoms with Crippen molar-refractivity contribution in [2.75, 3.05) is 0 Å². The highest BCUT2D eigenvalue weighted by atomic mass is 35.5. The zero-order valence-corrected chi connectivity index (χ0v) is 14.4. The molecule has 0 aliphatic heterocycles. The van der Waals surface area contributed by atoms with Crippen LogP contribution in [0.15, 0.2) is 30.8 Å². The normalized spacial score (nSPS) is 10.5. The van der Waals surface area contributed by atoms with Crippen molar-refractivity contribution in [3.05, 3.63) is 67.1 Å². The van der Waals surface area contributed by atoms with Crippen LogP contribution in [0.2, 0.25) is 25.1 Å². The summed E-state index contributed by atoms with van der Waals surface area (Å²) < 4.78 is 5.63. The van der Waals surface area contributed by atoms with Gasteiger partial charge in [0.25, 0.3) is 0 Å². The Morgan fingerprint density at radius 2 is 1.29 bits per heavy atom. The van der Waals surface area contributed by atoms with Crippen LogP contribution >= 0.6 is 58.0 Å². The maximum atomic E-state index is 6.09. The van der Waals surface area contributed by atoms with Gasteiger partial charge < -0.3 is 4.74 Å². The second-order valence-corrected chi connectivity index (χ2v) is 6.02. The van der Waals surface area contributed by atoms with E-state index in [1.165, 1.54) is 0 Å². The minimum absolute atomic E-state index is 0.107. The van der Waals surface area contributed by atoms with Gasteiger partial charge in [0, 0.05) is 0 Å². The zero-order chi connectivity index (χ0) is 15.6. The first-order chi connectivity index (χ1) is 9.95. The van der Waals surface area contributed by atoms with E-state index in [9.17, 15) is 0 Å². The van der Waals surface area contributed by atoms with Gasteiger partial charge in [-0.2, -0.15) is 0 Å². The van der Waals surface area contributed by atoms with E-state index in [1.54, 1.807) is 6.08 Å². The molecular weight excluding hydrogens is 373 g/mol. The fourth-order valence-corrected chi connectivity index (χ4v) is 2.85. The molecule has 0 N–H and O–H groups in total. The fraction of sp³-hybridized carbons (Fsp3) is 0.0667. The Balaban J connectivity index is 2.25. The van der Waals surface area contributed by atoms with Gasteiger partial charge in [-0.25, -0.2) is 0 Å². The van der Waals surface area contributed by atoms with E-state index in [1.807, 2.05) is 24.3 Å². The smallest absolute Gasteiger partial charge is 0.160 e. The van der Waals surface area contributed by atoms with Crippen molar-refractivity contribution in [2.24, 2.45) is 0 Å². The maximum absolute atomic E-state index is 6.09. The molecule has 0 aliphatic carbocycles. The van der Waals surface area contributed by atoms with Crippen molar-refractivity contribution >= 4 is 64.1 Å². The molecule has 6 heteroatoms. The Hall–Kier alpha value is -0.570. The van der Waals surface area contributed by atoms with Crippen LogP contribution in [0.25, 0.3) is 6.08 Å². The molecule has 0 spiro atoms. The van der Waals surface area contributed by atoms with Gasteiger partial charge in [0.15, 0.2) is 5.75 Å².